The topological polar surface area (TPSA) is 84.7 Å². The van der Waals surface area contributed by atoms with Gasteiger partial charge in [0.2, 0.25) is 0 Å². The smallest absolute Gasteiger partial charge is 0.310 e. The van der Waals surface area contributed by atoms with Crippen molar-refractivity contribution >= 4 is 29.1 Å². The van der Waals surface area contributed by atoms with Gasteiger partial charge in [-0.25, -0.2) is 4.68 Å². The summed E-state index contributed by atoms with van der Waals surface area (Å²) in [5.41, 5.74) is 1.61. The van der Waals surface area contributed by atoms with E-state index in [1.165, 1.54) is 11.3 Å². The van der Waals surface area contributed by atoms with E-state index in [4.69, 9.17) is 4.74 Å². The van der Waals surface area contributed by atoms with Crippen LogP contribution in [0.5, 0.6) is 0 Å². The van der Waals surface area contributed by atoms with E-state index in [1.807, 2.05) is 41.8 Å². The Balaban J connectivity index is 1.21. The first-order chi connectivity index (χ1) is 15.1. The van der Waals surface area contributed by atoms with Crippen LogP contribution in [0.4, 0.5) is 0 Å². The van der Waals surface area contributed by atoms with E-state index < -0.39 is 5.97 Å². The molecule has 0 saturated carbocycles. The van der Waals surface area contributed by atoms with Gasteiger partial charge in [0.1, 0.15) is 0 Å². The molecule has 0 spiro atoms. The Labute approximate surface area is 183 Å². The van der Waals surface area contributed by atoms with Crippen LogP contribution in [-0.2, 0) is 20.7 Å². The van der Waals surface area contributed by atoms with Crippen molar-refractivity contribution in [2.45, 2.75) is 6.42 Å². The number of aromatic nitrogens is 2. The van der Waals surface area contributed by atoms with E-state index in [9.17, 15) is 14.4 Å². The molecule has 0 N–H and O–H groups in total. The summed E-state index contributed by atoms with van der Waals surface area (Å²) in [5.74, 6) is -0.742. The number of esters is 1. The lowest BCUT2D eigenvalue weighted by atomic mass is 10.2. The minimum Gasteiger partial charge on any atom is -0.455 e. The maximum absolute atomic E-state index is 12.4. The first kappa shape index (κ1) is 20.8. The number of hydrogen-bond acceptors (Lipinski definition) is 6. The van der Waals surface area contributed by atoms with Crippen LogP contribution in [0, 0.1) is 0 Å². The highest BCUT2D eigenvalue weighted by molar-refractivity contribution is 7.12. The van der Waals surface area contributed by atoms with Gasteiger partial charge in [-0.1, -0.05) is 24.3 Å². The van der Waals surface area contributed by atoms with Gasteiger partial charge in [0.05, 0.1) is 23.2 Å². The lowest BCUT2D eigenvalue weighted by molar-refractivity contribution is -0.152. The summed E-state index contributed by atoms with van der Waals surface area (Å²) < 4.78 is 6.85. The number of thiophene rings is 1. The third-order valence-electron chi connectivity index (χ3n) is 5.01. The molecule has 1 aromatic carbocycles. The van der Waals surface area contributed by atoms with Crippen LogP contribution in [-0.4, -0.2) is 70.1 Å². The second-order valence-corrected chi connectivity index (χ2v) is 8.06. The summed E-state index contributed by atoms with van der Waals surface area (Å²) in [6, 6.07) is 13.2. The van der Waals surface area contributed by atoms with Gasteiger partial charge >= 0.3 is 5.97 Å². The number of amides is 2. The highest BCUT2D eigenvalue weighted by Gasteiger charge is 2.25. The summed E-state index contributed by atoms with van der Waals surface area (Å²) >= 11 is 1.41. The van der Waals surface area contributed by atoms with Crippen molar-refractivity contribution < 1.29 is 19.1 Å². The van der Waals surface area contributed by atoms with E-state index >= 15 is 0 Å². The number of nitrogens with zero attached hydrogens (tertiary/aromatic N) is 4. The summed E-state index contributed by atoms with van der Waals surface area (Å²) in [6.45, 7) is 1.49. The van der Waals surface area contributed by atoms with Gasteiger partial charge in [0, 0.05) is 37.9 Å². The van der Waals surface area contributed by atoms with Gasteiger partial charge < -0.3 is 14.5 Å². The predicted octanol–water partition coefficient (Wildman–Crippen LogP) is 2.00. The SMILES string of the molecule is O=C(Cc1cnn(-c2ccccc2)c1)OCC(=O)N1CCN(C(=O)c2cccs2)CC1. The van der Waals surface area contributed by atoms with Crippen LogP contribution in [0.15, 0.2) is 60.2 Å². The molecule has 0 bridgehead atoms. The van der Waals surface area contributed by atoms with Crippen LogP contribution >= 0.6 is 11.3 Å². The van der Waals surface area contributed by atoms with Crippen molar-refractivity contribution in [3.05, 3.63) is 70.7 Å². The Hall–Kier alpha value is -3.46. The fraction of sp³-hybridized carbons (Fsp3) is 0.273. The molecule has 160 valence electrons. The molecular weight excluding hydrogens is 416 g/mol. The molecule has 0 unspecified atom stereocenters. The Morgan fingerprint density at radius 1 is 0.968 bits per heavy atom. The zero-order valence-electron chi connectivity index (χ0n) is 16.8. The molecule has 8 nitrogen and oxygen atoms in total. The van der Waals surface area contributed by atoms with Crippen LogP contribution in [0.3, 0.4) is 0 Å². The Kier molecular flexibility index (Phi) is 6.42. The number of carbonyl (C=O) groups excluding carboxylic acids is 3. The van der Waals surface area contributed by atoms with Crippen molar-refractivity contribution in [3.8, 4) is 5.69 Å². The molecule has 4 rings (SSSR count). The fourth-order valence-electron chi connectivity index (χ4n) is 3.34. The normalized spacial score (nSPS) is 13.8. The monoisotopic (exact) mass is 438 g/mol. The van der Waals surface area contributed by atoms with Crippen LogP contribution in [0.25, 0.3) is 5.69 Å². The van der Waals surface area contributed by atoms with Crippen molar-refractivity contribution in [1.82, 2.24) is 19.6 Å². The number of para-hydroxylation sites is 1. The van der Waals surface area contributed by atoms with E-state index in [0.717, 1.165) is 5.69 Å². The Bertz CT molecular complexity index is 1040. The number of piperazine rings is 1. The van der Waals surface area contributed by atoms with Gasteiger partial charge in [-0.2, -0.15) is 5.10 Å². The molecule has 1 aliphatic rings. The average molecular weight is 439 g/mol. The zero-order chi connectivity index (χ0) is 21.6. The summed E-state index contributed by atoms with van der Waals surface area (Å²) in [5, 5.41) is 6.12. The quantitative estimate of drug-likeness (QED) is 0.550. The van der Waals surface area contributed by atoms with Gasteiger partial charge in [-0.3, -0.25) is 14.4 Å². The summed E-state index contributed by atoms with van der Waals surface area (Å²) in [7, 11) is 0. The summed E-state index contributed by atoms with van der Waals surface area (Å²) in [6.07, 6.45) is 3.42. The van der Waals surface area contributed by atoms with E-state index in [-0.39, 0.29) is 24.8 Å². The number of benzene rings is 1. The van der Waals surface area contributed by atoms with E-state index in [1.54, 1.807) is 32.9 Å². The third kappa shape index (κ3) is 5.18. The molecule has 1 aliphatic heterocycles. The maximum Gasteiger partial charge on any atom is 0.310 e. The van der Waals surface area contributed by atoms with Gasteiger partial charge in [-0.05, 0) is 23.6 Å². The second kappa shape index (κ2) is 9.57. The standard InChI is InChI=1S/C22H22N4O4S/c27-20(24-8-10-25(11-9-24)22(29)19-7-4-12-31-19)16-30-21(28)13-17-14-23-26(15-17)18-5-2-1-3-6-18/h1-7,12,14-15H,8-11,13,16H2. The van der Waals surface area contributed by atoms with E-state index in [0.29, 0.717) is 36.6 Å². The van der Waals surface area contributed by atoms with Crippen molar-refractivity contribution in [1.29, 1.82) is 0 Å². The van der Waals surface area contributed by atoms with Crippen molar-refractivity contribution in [2.24, 2.45) is 0 Å². The van der Waals surface area contributed by atoms with Crippen molar-refractivity contribution in [2.75, 3.05) is 32.8 Å². The largest absolute Gasteiger partial charge is 0.455 e. The number of ether oxygens (including phenoxy) is 1. The predicted molar refractivity (Wildman–Crippen MR) is 115 cm³/mol. The van der Waals surface area contributed by atoms with Crippen LogP contribution < -0.4 is 0 Å². The maximum atomic E-state index is 12.4. The van der Waals surface area contributed by atoms with Crippen molar-refractivity contribution in [3.63, 3.8) is 0 Å². The van der Waals surface area contributed by atoms with E-state index in [2.05, 4.69) is 5.10 Å². The summed E-state index contributed by atoms with van der Waals surface area (Å²) in [4.78, 5) is 41.0. The third-order valence-corrected chi connectivity index (χ3v) is 5.87. The molecule has 3 aromatic rings. The zero-order valence-corrected chi connectivity index (χ0v) is 17.7. The molecule has 2 aromatic heterocycles. The lowest BCUT2D eigenvalue weighted by Crippen LogP contribution is -2.51. The molecule has 1 saturated heterocycles. The lowest BCUT2D eigenvalue weighted by Gasteiger charge is -2.34. The molecule has 0 atom stereocenters. The van der Waals surface area contributed by atoms with Gasteiger partial charge in [-0.15, -0.1) is 11.3 Å². The first-order valence-corrected chi connectivity index (χ1v) is 10.8. The molecular formula is C22H22N4O4S. The fourth-order valence-corrected chi connectivity index (χ4v) is 4.03. The molecule has 31 heavy (non-hydrogen) atoms. The van der Waals surface area contributed by atoms with Gasteiger partial charge in [0.15, 0.2) is 6.61 Å². The minimum absolute atomic E-state index is 0.00965. The molecule has 0 radical (unpaired) electrons. The van der Waals surface area contributed by atoms with Gasteiger partial charge in [0.25, 0.3) is 11.8 Å². The number of hydrogen-bond donors (Lipinski definition) is 0. The molecule has 0 aliphatic carbocycles. The first-order valence-electron chi connectivity index (χ1n) is 9.95. The number of carbonyl (C=O) groups is 3. The second-order valence-electron chi connectivity index (χ2n) is 7.12. The Morgan fingerprint density at radius 3 is 2.42 bits per heavy atom. The van der Waals surface area contributed by atoms with Crippen LogP contribution in [0.1, 0.15) is 15.2 Å². The van der Waals surface area contributed by atoms with Crippen LogP contribution in [0.2, 0.25) is 0 Å². The minimum atomic E-state index is -0.479. The number of rotatable bonds is 6. The highest BCUT2D eigenvalue weighted by atomic mass is 32.1. The Morgan fingerprint density at radius 2 is 1.71 bits per heavy atom. The molecule has 9 heteroatoms. The molecule has 1 fully saturated rings. The highest BCUT2D eigenvalue weighted by Crippen LogP contribution is 2.14. The average Bonchev–Trinajstić information content (AvgIpc) is 3.50. The molecule has 2 amide bonds. The molecule has 3 heterocycles.